The highest BCUT2D eigenvalue weighted by Crippen LogP contribution is 2.10. The molecular weight excluding hydrogens is 238 g/mol. The fourth-order valence-corrected chi connectivity index (χ4v) is 2.47. The van der Waals surface area contributed by atoms with Crippen LogP contribution < -0.4 is 10.6 Å². The molecule has 1 fully saturated rings. The summed E-state index contributed by atoms with van der Waals surface area (Å²) in [6.07, 6.45) is 2.05. The lowest BCUT2D eigenvalue weighted by atomic mass is 10.2. The molecule has 1 aliphatic heterocycles. The van der Waals surface area contributed by atoms with Gasteiger partial charge in [-0.05, 0) is 24.9 Å². The monoisotopic (exact) mass is 261 g/mol. The second-order valence-electron chi connectivity index (χ2n) is 4.98. The molecular formula is C15H23N3O. The van der Waals surface area contributed by atoms with Gasteiger partial charge in [-0.1, -0.05) is 37.3 Å². The van der Waals surface area contributed by atoms with E-state index in [-0.39, 0.29) is 6.03 Å². The lowest BCUT2D eigenvalue weighted by molar-refractivity contribution is 0.178. The third-order valence-corrected chi connectivity index (χ3v) is 3.49. The summed E-state index contributed by atoms with van der Waals surface area (Å²) in [5, 5.41) is 6.34. The predicted molar refractivity (Wildman–Crippen MR) is 76.9 cm³/mol. The van der Waals surface area contributed by atoms with Crippen LogP contribution in [-0.2, 0) is 6.54 Å². The van der Waals surface area contributed by atoms with Gasteiger partial charge < -0.3 is 15.5 Å². The summed E-state index contributed by atoms with van der Waals surface area (Å²) >= 11 is 0. The van der Waals surface area contributed by atoms with Crippen molar-refractivity contribution in [2.75, 3.05) is 19.6 Å². The maximum absolute atomic E-state index is 12.3. The van der Waals surface area contributed by atoms with Crippen LogP contribution in [0.4, 0.5) is 4.79 Å². The normalized spacial score (nSPS) is 18.3. The van der Waals surface area contributed by atoms with E-state index in [2.05, 4.69) is 17.6 Å². The van der Waals surface area contributed by atoms with E-state index < -0.39 is 0 Å². The van der Waals surface area contributed by atoms with E-state index in [0.717, 1.165) is 38.0 Å². The van der Waals surface area contributed by atoms with Gasteiger partial charge in [-0.25, -0.2) is 4.79 Å². The van der Waals surface area contributed by atoms with Crippen molar-refractivity contribution in [1.82, 2.24) is 15.5 Å². The Kier molecular flexibility index (Phi) is 5.21. The highest BCUT2D eigenvalue weighted by atomic mass is 16.2. The number of carbonyl (C=O) groups is 1. The van der Waals surface area contributed by atoms with E-state index >= 15 is 0 Å². The minimum absolute atomic E-state index is 0.0550. The molecule has 104 valence electrons. The molecule has 0 bridgehead atoms. The Morgan fingerprint density at radius 2 is 2.21 bits per heavy atom. The zero-order valence-corrected chi connectivity index (χ0v) is 11.6. The minimum Gasteiger partial charge on any atom is -0.334 e. The van der Waals surface area contributed by atoms with E-state index in [0.29, 0.717) is 12.6 Å². The maximum Gasteiger partial charge on any atom is 0.317 e. The molecule has 1 saturated heterocycles. The van der Waals surface area contributed by atoms with Gasteiger partial charge in [0, 0.05) is 25.7 Å². The van der Waals surface area contributed by atoms with Crippen molar-refractivity contribution in [3.8, 4) is 0 Å². The minimum atomic E-state index is 0.0550. The average Bonchev–Trinajstić information content (AvgIpc) is 2.97. The van der Waals surface area contributed by atoms with Crippen LogP contribution in [-0.4, -0.2) is 36.6 Å². The van der Waals surface area contributed by atoms with Gasteiger partial charge in [-0.2, -0.15) is 0 Å². The fraction of sp³-hybridized carbons (Fsp3) is 0.533. The molecule has 2 rings (SSSR count). The molecule has 0 aliphatic carbocycles. The topological polar surface area (TPSA) is 44.4 Å². The number of nitrogens with one attached hydrogen (secondary N) is 2. The van der Waals surface area contributed by atoms with Crippen molar-refractivity contribution in [3.05, 3.63) is 35.9 Å². The molecule has 0 aromatic heterocycles. The number of benzene rings is 1. The number of hydrogen-bond acceptors (Lipinski definition) is 2. The van der Waals surface area contributed by atoms with Gasteiger partial charge in [0.05, 0.1) is 0 Å². The van der Waals surface area contributed by atoms with E-state index in [9.17, 15) is 4.79 Å². The Morgan fingerprint density at radius 3 is 2.84 bits per heavy atom. The van der Waals surface area contributed by atoms with Crippen molar-refractivity contribution in [2.24, 2.45) is 0 Å². The molecule has 1 aromatic carbocycles. The smallest absolute Gasteiger partial charge is 0.317 e. The van der Waals surface area contributed by atoms with Crippen LogP contribution in [0.2, 0.25) is 0 Å². The molecule has 1 aliphatic rings. The van der Waals surface area contributed by atoms with Gasteiger partial charge in [0.25, 0.3) is 0 Å². The molecule has 1 heterocycles. The summed E-state index contributed by atoms with van der Waals surface area (Å²) in [5.41, 5.74) is 1.14. The van der Waals surface area contributed by atoms with Crippen molar-refractivity contribution >= 4 is 6.03 Å². The Morgan fingerprint density at radius 1 is 1.42 bits per heavy atom. The molecule has 0 spiro atoms. The second-order valence-corrected chi connectivity index (χ2v) is 4.98. The van der Waals surface area contributed by atoms with Crippen molar-refractivity contribution < 1.29 is 4.79 Å². The molecule has 4 heteroatoms. The SMILES string of the molecule is CCCN(C(=O)NCc1ccccc1)C1CCNC1. The average molecular weight is 261 g/mol. The number of carbonyl (C=O) groups excluding carboxylic acids is 1. The fourth-order valence-electron chi connectivity index (χ4n) is 2.47. The number of urea groups is 1. The number of amides is 2. The molecule has 1 unspecified atom stereocenters. The van der Waals surface area contributed by atoms with Crippen LogP contribution in [0, 0.1) is 0 Å². The largest absolute Gasteiger partial charge is 0.334 e. The van der Waals surface area contributed by atoms with E-state index in [1.807, 2.05) is 35.2 Å². The first-order valence-corrected chi connectivity index (χ1v) is 7.10. The first kappa shape index (κ1) is 13.9. The summed E-state index contributed by atoms with van der Waals surface area (Å²) < 4.78 is 0. The Labute approximate surface area is 115 Å². The molecule has 0 radical (unpaired) electrons. The molecule has 1 aromatic rings. The Hall–Kier alpha value is -1.55. The Balaban J connectivity index is 1.88. The van der Waals surface area contributed by atoms with E-state index in [4.69, 9.17) is 0 Å². The summed E-state index contributed by atoms with van der Waals surface area (Å²) in [5.74, 6) is 0. The van der Waals surface area contributed by atoms with E-state index in [1.165, 1.54) is 0 Å². The highest BCUT2D eigenvalue weighted by molar-refractivity contribution is 5.74. The standard InChI is InChI=1S/C15H23N3O/c1-2-10-18(14-8-9-16-12-14)15(19)17-11-13-6-4-3-5-7-13/h3-7,14,16H,2,8-12H2,1H3,(H,17,19). The van der Waals surface area contributed by atoms with Gasteiger partial charge in [0.2, 0.25) is 0 Å². The van der Waals surface area contributed by atoms with Gasteiger partial charge in [-0.3, -0.25) is 0 Å². The number of hydrogen-bond donors (Lipinski definition) is 2. The lowest BCUT2D eigenvalue weighted by Crippen LogP contribution is -2.47. The van der Waals surface area contributed by atoms with Crippen LogP contribution in [0.1, 0.15) is 25.3 Å². The van der Waals surface area contributed by atoms with Crippen LogP contribution in [0.5, 0.6) is 0 Å². The quantitative estimate of drug-likeness (QED) is 0.851. The number of rotatable bonds is 5. The van der Waals surface area contributed by atoms with Crippen molar-refractivity contribution in [3.63, 3.8) is 0 Å². The number of nitrogens with zero attached hydrogens (tertiary/aromatic N) is 1. The second kappa shape index (κ2) is 7.14. The lowest BCUT2D eigenvalue weighted by Gasteiger charge is -2.28. The molecule has 1 atom stereocenters. The first-order valence-electron chi connectivity index (χ1n) is 7.10. The molecule has 19 heavy (non-hydrogen) atoms. The van der Waals surface area contributed by atoms with Crippen LogP contribution in [0.3, 0.4) is 0 Å². The molecule has 4 nitrogen and oxygen atoms in total. The summed E-state index contributed by atoms with van der Waals surface area (Å²) in [7, 11) is 0. The van der Waals surface area contributed by atoms with Crippen LogP contribution >= 0.6 is 0 Å². The van der Waals surface area contributed by atoms with Crippen molar-refractivity contribution in [1.29, 1.82) is 0 Å². The van der Waals surface area contributed by atoms with Crippen molar-refractivity contribution in [2.45, 2.75) is 32.4 Å². The van der Waals surface area contributed by atoms with Gasteiger partial charge in [0.1, 0.15) is 0 Å². The van der Waals surface area contributed by atoms with Gasteiger partial charge >= 0.3 is 6.03 Å². The van der Waals surface area contributed by atoms with Crippen LogP contribution in [0.25, 0.3) is 0 Å². The molecule has 2 amide bonds. The zero-order valence-electron chi connectivity index (χ0n) is 11.6. The van der Waals surface area contributed by atoms with E-state index in [1.54, 1.807) is 0 Å². The molecule has 0 saturated carbocycles. The van der Waals surface area contributed by atoms with Crippen LogP contribution in [0.15, 0.2) is 30.3 Å². The summed E-state index contributed by atoms with van der Waals surface area (Å²) in [4.78, 5) is 14.3. The predicted octanol–water partition coefficient (Wildman–Crippen LogP) is 1.97. The third-order valence-electron chi connectivity index (χ3n) is 3.49. The first-order chi connectivity index (χ1) is 9.31. The maximum atomic E-state index is 12.3. The summed E-state index contributed by atoms with van der Waals surface area (Å²) in [6.45, 7) is 5.46. The Bertz CT molecular complexity index is 388. The molecule has 2 N–H and O–H groups in total. The van der Waals surface area contributed by atoms with Gasteiger partial charge in [0.15, 0.2) is 0 Å². The highest BCUT2D eigenvalue weighted by Gasteiger charge is 2.25. The zero-order chi connectivity index (χ0) is 13.5. The third kappa shape index (κ3) is 3.96. The van der Waals surface area contributed by atoms with Gasteiger partial charge in [-0.15, -0.1) is 0 Å². The summed E-state index contributed by atoms with van der Waals surface area (Å²) in [6, 6.07) is 10.4.